The summed E-state index contributed by atoms with van der Waals surface area (Å²) in [7, 11) is 0. The lowest BCUT2D eigenvalue weighted by Gasteiger charge is -2.47. The Balaban J connectivity index is 0.000000132. The first-order chi connectivity index (χ1) is 24.2. The largest absolute Gasteiger partial charge is 0.465 e. The molecule has 9 aliphatic rings. The van der Waals surface area contributed by atoms with Crippen LogP contribution in [-0.4, -0.2) is 86.2 Å². The molecule has 51 heavy (non-hydrogen) atoms. The van der Waals surface area contributed by atoms with Gasteiger partial charge in [-0.1, -0.05) is 19.7 Å². The first-order valence-electron chi connectivity index (χ1n) is 18.0. The van der Waals surface area contributed by atoms with Crippen LogP contribution in [0, 0.1) is 47.3 Å². The molecule has 0 spiro atoms. The predicted octanol–water partition coefficient (Wildman–Crippen LogP) is 3.58. The Bertz CT molecular complexity index is 1500. The molecule has 0 aromatic carbocycles. The predicted molar refractivity (Wildman–Crippen MR) is 176 cm³/mol. The molecule has 0 N–H and O–H groups in total. The third-order valence-electron chi connectivity index (χ3n) is 11.8. The summed E-state index contributed by atoms with van der Waals surface area (Å²) in [5, 5.41) is 0. The summed E-state index contributed by atoms with van der Waals surface area (Å²) < 4.78 is 37.0. The van der Waals surface area contributed by atoms with Gasteiger partial charge in [-0.25, -0.2) is 14.4 Å². The van der Waals surface area contributed by atoms with Crippen molar-refractivity contribution in [3.05, 3.63) is 36.5 Å². The van der Waals surface area contributed by atoms with Gasteiger partial charge in [-0.2, -0.15) is 0 Å². The second-order valence-electron chi connectivity index (χ2n) is 15.3. The maximum atomic E-state index is 11.8. The van der Waals surface area contributed by atoms with Gasteiger partial charge in [0.05, 0.1) is 43.7 Å². The van der Waals surface area contributed by atoms with Crippen molar-refractivity contribution in [2.45, 2.75) is 96.2 Å². The van der Waals surface area contributed by atoms with E-state index >= 15 is 0 Å². The number of carbonyl (C=O) groups is 6. The van der Waals surface area contributed by atoms with Crippen LogP contribution in [0.5, 0.6) is 0 Å². The van der Waals surface area contributed by atoms with E-state index in [1.807, 2.05) is 0 Å². The molecule has 5 heterocycles. The van der Waals surface area contributed by atoms with Crippen molar-refractivity contribution in [3.63, 3.8) is 0 Å². The number of hydrogen-bond acceptors (Lipinski definition) is 13. The zero-order chi connectivity index (χ0) is 36.7. The van der Waals surface area contributed by atoms with Crippen LogP contribution in [0.4, 0.5) is 0 Å². The van der Waals surface area contributed by atoms with Crippen molar-refractivity contribution in [1.82, 2.24) is 0 Å². The van der Waals surface area contributed by atoms with E-state index in [4.69, 9.17) is 33.2 Å². The molecule has 13 heteroatoms. The minimum absolute atomic E-state index is 0.0413. The van der Waals surface area contributed by atoms with E-state index in [1.165, 1.54) is 0 Å². The molecule has 4 saturated carbocycles. The van der Waals surface area contributed by atoms with Crippen LogP contribution >= 0.6 is 0 Å². The summed E-state index contributed by atoms with van der Waals surface area (Å²) in [6, 6.07) is 0. The minimum Gasteiger partial charge on any atom is -0.465 e. The molecule has 9 rings (SSSR count). The highest BCUT2D eigenvalue weighted by atomic mass is 16.6. The van der Waals surface area contributed by atoms with Gasteiger partial charge in [-0.15, -0.1) is 0 Å². The Morgan fingerprint density at radius 2 is 1.16 bits per heavy atom. The molecule has 5 aliphatic heterocycles. The minimum atomic E-state index is -0.395. The topological polar surface area (TPSA) is 167 Å². The maximum Gasteiger partial charge on any atom is 0.333 e. The molecular formula is C38H48O13. The molecule has 0 amide bonds. The van der Waals surface area contributed by atoms with Gasteiger partial charge in [0, 0.05) is 46.8 Å². The average molecular weight is 713 g/mol. The first-order valence-corrected chi connectivity index (χ1v) is 18.0. The third kappa shape index (κ3) is 7.50. The summed E-state index contributed by atoms with van der Waals surface area (Å²) >= 11 is 0. The fraction of sp³-hybridized carbons (Fsp3) is 0.684. The van der Waals surface area contributed by atoms with Gasteiger partial charge in [-0.05, 0) is 65.2 Å². The van der Waals surface area contributed by atoms with Crippen LogP contribution in [-0.2, 0) is 61.9 Å². The van der Waals surface area contributed by atoms with Gasteiger partial charge in [0.1, 0.15) is 24.4 Å². The molecule has 4 aliphatic carbocycles. The van der Waals surface area contributed by atoms with Gasteiger partial charge in [0.25, 0.3) is 0 Å². The fourth-order valence-electron chi connectivity index (χ4n) is 9.12. The molecule has 0 radical (unpaired) electrons. The standard InChI is InChI=1S/C14H18O4.C12H14O5.C12H16O4/c1-7(2)13(15)18-11-5-8-3-4-9(11)12-10(8)6-17-14(12)16;1-5(2)11(13)17-8-3-7-9-6(10(8)16-7)4-15-12(9)14;1-7(2)11(13)16-9-4-3-8-6-15-12(14)10(8)5-9/h8-12H,1,3-6H2,2H3;6-10H,1,3-4H2,2H3;8-10H,1,3-6H2,2H3. The van der Waals surface area contributed by atoms with E-state index in [-0.39, 0.29) is 90.0 Å². The molecule has 5 saturated heterocycles. The van der Waals surface area contributed by atoms with E-state index in [9.17, 15) is 28.8 Å². The molecule has 13 atom stereocenters. The highest BCUT2D eigenvalue weighted by Crippen LogP contribution is 2.53. The van der Waals surface area contributed by atoms with E-state index in [2.05, 4.69) is 19.7 Å². The number of cyclic esters (lactones) is 3. The van der Waals surface area contributed by atoms with Crippen LogP contribution in [0.1, 0.15) is 65.7 Å². The Morgan fingerprint density at radius 1 is 0.588 bits per heavy atom. The number of rotatable bonds is 6. The summed E-state index contributed by atoms with van der Waals surface area (Å²) in [5.74, 6) is -0.422. The van der Waals surface area contributed by atoms with Gasteiger partial charge in [0.2, 0.25) is 0 Å². The molecule has 9 fully saturated rings. The number of fused-ring (bicyclic) bond motifs is 8. The first kappa shape index (κ1) is 36.8. The Morgan fingerprint density at radius 3 is 1.82 bits per heavy atom. The Labute approximate surface area is 297 Å². The highest BCUT2D eigenvalue weighted by Gasteiger charge is 2.62. The van der Waals surface area contributed by atoms with Crippen molar-refractivity contribution >= 4 is 35.8 Å². The second kappa shape index (κ2) is 14.9. The van der Waals surface area contributed by atoms with Crippen molar-refractivity contribution in [1.29, 1.82) is 0 Å². The van der Waals surface area contributed by atoms with Gasteiger partial charge >= 0.3 is 35.8 Å². The normalized spacial score (nSPS) is 38.9. The average Bonchev–Trinajstić information content (AvgIpc) is 3.93. The van der Waals surface area contributed by atoms with Crippen molar-refractivity contribution in [2.75, 3.05) is 19.8 Å². The van der Waals surface area contributed by atoms with E-state index in [1.54, 1.807) is 20.8 Å². The van der Waals surface area contributed by atoms with Crippen LogP contribution < -0.4 is 0 Å². The fourth-order valence-corrected chi connectivity index (χ4v) is 9.12. The van der Waals surface area contributed by atoms with Gasteiger partial charge in [-0.3, -0.25) is 14.4 Å². The molecular weight excluding hydrogens is 664 g/mol. The van der Waals surface area contributed by atoms with Crippen molar-refractivity contribution < 1.29 is 61.9 Å². The SMILES string of the molecule is C=C(C)C(=O)OC1CC2CCC1C1C(=O)OCC21.C=C(C)C(=O)OC1CC2OC1C1COC(=O)C21.C=C(C)C(=O)OC1CCC2COC(=O)C2C1. The Hall–Kier alpha value is -4.00. The Kier molecular flexibility index (Phi) is 10.8. The van der Waals surface area contributed by atoms with Gasteiger partial charge in [0.15, 0.2) is 0 Å². The van der Waals surface area contributed by atoms with Crippen LogP contribution in [0.3, 0.4) is 0 Å². The molecule has 13 unspecified atom stereocenters. The molecule has 0 aromatic heterocycles. The number of ether oxygens (including phenoxy) is 7. The zero-order valence-corrected chi connectivity index (χ0v) is 29.5. The van der Waals surface area contributed by atoms with Crippen molar-refractivity contribution in [3.8, 4) is 0 Å². The number of carbonyl (C=O) groups excluding carboxylic acids is 6. The third-order valence-corrected chi connectivity index (χ3v) is 11.8. The quantitative estimate of drug-likeness (QED) is 0.223. The lowest BCUT2D eigenvalue weighted by atomic mass is 9.58. The molecule has 278 valence electrons. The number of esters is 6. The van der Waals surface area contributed by atoms with E-state index < -0.39 is 5.97 Å². The van der Waals surface area contributed by atoms with Crippen LogP contribution in [0.15, 0.2) is 36.5 Å². The zero-order valence-electron chi connectivity index (χ0n) is 29.5. The lowest BCUT2D eigenvalue weighted by Crippen LogP contribution is -2.49. The summed E-state index contributed by atoms with van der Waals surface area (Å²) in [5.41, 5.74) is 1.20. The van der Waals surface area contributed by atoms with E-state index in [0.29, 0.717) is 67.1 Å². The maximum absolute atomic E-state index is 11.8. The van der Waals surface area contributed by atoms with Crippen LogP contribution in [0.2, 0.25) is 0 Å². The molecule has 13 nitrogen and oxygen atoms in total. The second-order valence-corrected chi connectivity index (χ2v) is 15.3. The lowest BCUT2D eigenvalue weighted by molar-refractivity contribution is -0.163. The van der Waals surface area contributed by atoms with E-state index in [0.717, 1.165) is 32.1 Å². The summed E-state index contributed by atoms with van der Waals surface area (Å²) in [4.78, 5) is 69.1. The highest BCUT2D eigenvalue weighted by molar-refractivity contribution is 5.88. The molecule has 0 aromatic rings. The van der Waals surface area contributed by atoms with Gasteiger partial charge < -0.3 is 33.2 Å². The summed E-state index contributed by atoms with van der Waals surface area (Å²) in [6.45, 7) is 17.0. The molecule has 4 bridgehead atoms. The van der Waals surface area contributed by atoms with Crippen LogP contribution in [0.25, 0.3) is 0 Å². The smallest absolute Gasteiger partial charge is 0.333 e. The monoisotopic (exact) mass is 712 g/mol. The number of hydrogen-bond donors (Lipinski definition) is 0. The summed E-state index contributed by atoms with van der Waals surface area (Å²) in [6.07, 6.45) is 4.97. The van der Waals surface area contributed by atoms with Crippen molar-refractivity contribution in [2.24, 2.45) is 47.3 Å².